The maximum absolute atomic E-state index is 5.37. The van der Waals surface area contributed by atoms with Crippen LogP contribution in [0.3, 0.4) is 0 Å². The summed E-state index contributed by atoms with van der Waals surface area (Å²) in [7, 11) is 1.58. The summed E-state index contributed by atoms with van der Waals surface area (Å²) in [6, 6.07) is 0. The minimum absolute atomic E-state index is 0.571. The van der Waals surface area contributed by atoms with Crippen molar-refractivity contribution in [1.82, 2.24) is 5.16 Å². The first-order chi connectivity index (χ1) is 5.79. The summed E-state index contributed by atoms with van der Waals surface area (Å²) in [5, 5.41) is 3.75. The molecule has 0 aliphatic carbocycles. The second kappa shape index (κ2) is 4.11. The van der Waals surface area contributed by atoms with Gasteiger partial charge in [0, 0.05) is 6.42 Å². The third-order valence-corrected chi connectivity index (χ3v) is 1.78. The van der Waals surface area contributed by atoms with Gasteiger partial charge in [0.25, 0.3) is 5.88 Å². The fourth-order valence-corrected chi connectivity index (χ4v) is 1.04. The zero-order chi connectivity index (χ0) is 8.97. The molecule has 0 bridgehead atoms. The average molecular weight is 170 g/mol. The van der Waals surface area contributed by atoms with Crippen molar-refractivity contribution >= 4 is 0 Å². The van der Waals surface area contributed by atoms with E-state index in [-0.39, 0.29) is 0 Å². The maximum Gasteiger partial charge on any atom is 0.257 e. The van der Waals surface area contributed by atoms with Crippen LogP contribution in [0.1, 0.15) is 17.7 Å². The zero-order valence-electron chi connectivity index (χ0n) is 7.46. The van der Waals surface area contributed by atoms with E-state index < -0.39 is 0 Å². The van der Waals surface area contributed by atoms with E-state index in [2.05, 4.69) is 5.16 Å². The van der Waals surface area contributed by atoms with Crippen LogP contribution in [-0.4, -0.2) is 18.8 Å². The van der Waals surface area contributed by atoms with Crippen molar-refractivity contribution in [1.29, 1.82) is 0 Å². The SMILES string of the molecule is COc1noc(CCCN)c1C. The highest BCUT2D eigenvalue weighted by molar-refractivity contribution is 5.26. The molecule has 2 N–H and O–H groups in total. The molecule has 12 heavy (non-hydrogen) atoms. The van der Waals surface area contributed by atoms with Crippen LogP contribution in [-0.2, 0) is 6.42 Å². The summed E-state index contributed by atoms with van der Waals surface area (Å²) in [6.07, 6.45) is 1.75. The van der Waals surface area contributed by atoms with Gasteiger partial charge >= 0.3 is 0 Å². The number of nitrogens with two attached hydrogens (primary N) is 1. The predicted molar refractivity (Wildman–Crippen MR) is 45.2 cm³/mol. The van der Waals surface area contributed by atoms with Crippen LogP contribution in [0.5, 0.6) is 5.88 Å². The summed E-state index contributed by atoms with van der Waals surface area (Å²) in [6.45, 7) is 2.60. The van der Waals surface area contributed by atoms with E-state index in [1.807, 2.05) is 6.92 Å². The highest BCUT2D eigenvalue weighted by atomic mass is 16.5. The van der Waals surface area contributed by atoms with Crippen LogP contribution in [0.15, 0.2) is 4.52 Å². The summed E-state index contributed by atoms with van der Waals surface area (Å²) < 4.78 is 10.0. The van der Waals surface area contributed by atoms with Crippen LogP contribution in [0.4, 0.5) is 0 Å². The smallest absolute Gasteiger partial charge is 0.257 e. The standard InChI is InChI=1S/C8H14N2O2/c1-6-7(4-3-5-9)12-10-8(6)11-2/h3-5,9H2,1-2H3. The van der Waals surface area contributed by atoms with E-state index in [9.17, 15) is 0 Å². The third kappa shape index (κ3) is 1.76. The Hall–Kier alpha value is -1.03. The Morgan fingerprint density at radius 3 is 2.83 bits per heavy atom. The Morgan fingerprint density at radius 2 is 2.33 bits per heavy atom. The number of nitrogens with zero attached hydrogens (tertiary/aromatic N) is 1. The topological polar surface area (TPSA) is 61.3 Å². The van der Waals surface area contributed by atoms with Gasteiger partial charge in [0.1, 0.15) is 5.76 Å². The monoisotopic (exact) mass is 170 g/mol. The minimum atomic E-state index is 0.571. The molecule has 0 aliphatic heterocycles. The number of aromatic nitrogens is 1. The third-order valence-electron chi connectivity index (χ3n) is 1.78. The largest absolute Gasteiger partial charge is 0.479 e. The lowest BCUT2D eigenvalue weighted by Gasteiger charge is -1.94. The normalized spacial score (nSPS) is 10.2. The molecule has 68 valence electrons. The lowest BCUT2D eigenvalue weighted by molar-refractivity contribution is 0.325. The number of aryl methyl sites for hydroxylation is 1. The number of rotatable bonds is 4. The Balaban J connectivity index is 2.66. The second-order valence-electron chi connectivity index (χ2n) is 2.63. The first kappa shape index (κ1) is 9.06. The van der Waals surface area contributed by atoms with Crippen molar-refractivity contribution in [3.05, 3.63) is 11.3 Å². The molecular weight excluding hydrogens is 156 g/mol. The number of hydrogen-bond acceptors (Lipinski definition) is 4. The van der Waals surface area contributed by atoms with Crippen molar-refractivity contribution in [2.24, 2.45) is 5.73 Å². The fraction of sp³-hybridized carbons (Fsp3) is 0.625. The lowest BCUT2D eigenvalue weighted by atomic mass is 10.2. The molecule has 0 amide bonds. The summed E-state index contributed by atoms with van der Waals surface area (Å²) in [5.74, 6) is 1.44. The first-order valence-corrected chi connectivity index (χ1v) is 3.98. The Labute approximate surface area is 71.7 Å². The van der Waals surface area contributed by atoms with Gasteiger partial charge in [0.15, 0.2) is 0 Å². The summed E-state index contributed by atoms with van der Waals surface area (Å²) >= 11 is 0. The van der Waals surface area contributed by atoms with Gasteiger partial charge in [-0.2, -0.15) is 0 Å². The molecule has 1 heterocycles. The van der Waals surface area contributed by atoms with E-state index in [4.69, 9.17) is 15.0 Å². The second-order valence-corrected chi connectivity index (χ2v) is 2.63. The molecule has 0 saturated heterocycles. The van der Waals surface area contributed by atoms with Crippen molar-refractivity contribution in [2.75, 3.05) is 13.7 Å². The molecule has 4 heteroatoms. The first-order valence-electron chi connectivity index (χ1n) is 3.98. The molecule has 0 fully saturated rings. The van der Waals surface area contributed by atoms with Crippen molar-refractivity contribution in [3.8, 4) is 5.88 Å². The predicted octanol–water partition coefficient (Wildman–Crippen LogP) is 0.883. The van der Waals surface area contributed by atoms with Crippen molar-refractivity contribution in [2.45, 2.75) is 19.8 Å². The molecule has 0 atom stereocenters. The van der Waals surface area contributed by atoms with Crippen LogP contribution >= 0.6 is 0 Å². The van der Waals surface area contributed by atoms with Crippen LogP contribution in [0.25, 0.3) is 0 Å². The quantitative estimate of drug-likeness (QED) is 0.728. The number of ether oxygens (including phenoxy) is 1. The molecular formula is C8H14N2O2. The molecule has 0 radical (unpaired) electrons. The van der Waals surface area contributed by atoms with Gasteiger partial charge in [-0.25, -0.2) is 0 Å². The minimum Gasteiger partial charge on any atom is -0.479 e. The van der Waals surface area contributed by atoms with E-state index >= 15 is 0 Å². The molecule has 0 spiro atoms. The van der Waals surface area contributed by atoms with Gasteiger partial charge in [-0.1, -0.05) is 0 Å². The Kier molecular flexibility index (Phi) is 3.10. The van der Waals surface area contributed by atoms with E-state index in [1.54, 1.807) is 7.11 Å². The van der Waals surface area contributed by atoms with E-state index in [1.165, 1.54) is 0 Å². The molecule has 1 aromatic heterocycles. The molecule has 0 saturated carbocycles. The van der Waals surface area contributed by atoms with Crippen LogP contribution < -0.4 is 10.5 Å². The van der Waals surface area contributed by atoms with Crippen molar-refractivity contribution < 1.29 is 9.26 Å². The van der Waals surface area contributed by atoms with Gasteiger partial charge in [-0.05, 0) is 25.0 Å². The van der Waals surface area contributed by atoms with Gasteiger partial charge in [-0.3, -0.25) is 0 Å². The number of hydrogen-bond donors (Lipinski definition) is 1. The van der Waals surface area contributed by atoms with Gasteiger partial charge in [0.05, 0.1) is 12.7 Å². The summed E-state index contributed by atoms with van der Waals surface area (Å²) in [4.78, 5) is 0. The highest BCUT2D eigenvalue weighted by Crippen LogP contribution is 2.20. The number of methoxy groups -OCH3 is 1. The molecule has 0 unspecified atom stereocenters. The molecule has 0 aromatic carbocycles. The summed E-state index contributed by atoms with van der Waals surface area (Å²) in [5.41, 5.74) is 6.35. The Bertz CT molecular complexity index is 245. The van der Waals surface area contributed by atoms with Gasteiger partial charge in [0.2, 0.25) is 0 Å². The average Bonchev–Trinajstić information content (AvgIpc) is 2.43. The molecule has 1 rings (SSSR count). The fourth-order valence-electron chi connectivity index (χ4n) is 1.04. The van der Waals surface area contributed by atoms with Crippen LogP contribution in [0.2, 0.25) is 0 Å². The zero-order valence-corrected chi connectivity index (χ0v) is 7.46. The van der Waals surface area contributed by atoms with Crippen molar-refractivity contribution in [3.63, 3.8) is 0 Å². The molecule has 4 nitrogen and oxygen atoms in total. The maximum atomic E-state index is 5.37. The van der Waals surface area contributed by atoms with E-state index in [0.29, 0.717) is 12.4 Å². The lowest BCUT2D eigenvalue weighted by Crippen LogP contribution is -2.00. The van der Waals surface area contributed by atoms with Gasteiger partial charge < -0.3 is 15.0 Å². The van der Waals surface area contributed by atoms with E-state index in [0.717, 1.165) is 24.2 Å². The Morgan fingerprint density at radius 1 is 1.58 bits per heavy atom. The van der Waals surface area contributed by atoms with Crippen LogP contribution in [0, 0.1) is 6.92 Å². The highest BCUT2D eigenvalue weighted by Gasteiger charge is 2.10. The van der Waals surface area contributed by atoms with Gasteiger partial charge in [-0.15, -0.1) is 0 Å². The molecule has 1 aromatic rings. The molecule has 0 aliphatic rings.